The Kier molecular flexibility index (Phi) is 5.03. The molecule has 0 radical (unpaired) electrons. The fourth-order valence-electron chi connectivity index (χ4n) is 3.51. The van der Waals surface area contributed by atoms with Crippen LogP contribution in [0.5, 0.6) is 0 Å². The van der Waals surface area contributed by atoms with E-state index in [2.05, 4.69) is 27.7 Å². The van der Waals surface area contributed by atoms with Crippen LogP contribution in [0.4, 0.5) is 0 Å². The van der Waals surface area contributed by atoms with E-state index in [1.165, 1.54) is 31.0 Å². The van der Waals surface area contributed by atoms with Crippen molar-refractivity contribution in [3.8, 4) is 0 Å². The van der Waals surface area contributed by atoms with Gasteiger partial charge >= 0.3 is 0 Å². The highest BCUT2D eigenvalue weighted by molar-refractivity contribution is 7.99. The molecule has 5 heteroatoms. The molecule has 0 aromatic rings. The second kappa shape index (κ2) is 6.76. The summed E-state index contributed by atoms with van der Waals surface area (Å²) in [4.78, 5) is 0. The van der Waals surface area contributed by atoms with Crippen molar-refractivity contribution in [1.29, 1.82) is 0 Å². The van der Waals surface area contributed by atoms with Crippen molar-refractivity contribution in [1.82, 2.24) is 16.0 Å². The molecule has 4 nitrogen and oxygen atoms in total. The molecular formula is C14H27N3OS. The average Bonchev–Trinajstić information content (AvgIpc) is 2.89. The van der Waals surface area contributed by atoms with Crippen molar-refractivity contribution >= 4 is 11.8 Å². The monoisotopic (exact) mass is 285 g/mol. The minimum Gasteiger partial charge on any atom is -0.359 e. The third-order valence-corrected chi connectivity index (χ3v) is 5.99. The normalized spacial score (nSPS) is 36.6. The molecule has 3 N–H and O–H groups in total. The summed E-state index contributed by atoms with van der Waals surface area (Å²) in [6.45, 7) is 6.66. The lowest BCUT2D eigenvalue weighted by molar-refractivity contribution is -0.0331. The van der Waals surface area contributed by atoms with Crippen LogP contribution in [0, 0.1) is 11.8 Å². The number of thioether (sulfide) groups is 1. The lowest BCUT2D eigenvalue weighted by atomic mass is 9.93. The maximum absolute atomic E-state index is 5.63. The fraction of sp³-hybridized carbons (Fsp3) is 1.00. The lowest BCUT2D eigenvalue weighted by Crippen LogP contribution is -2.49. The smallest absolute Gasteiger partial charge is 0.121 e. The second-order valence-electron chi connectivity index (χ2n) is 6.18. The van der Waals surface area contributed by atoms with Gasteiger partial charge in [0.05, 0.1) is 6.61 Å². The molecule has 4 heterocycles. The number of piperidine rings is 2. The van der Waals surface area contributed by atoms with Gasteiger partial charge in [0.15, 0.2) is 0 Å². The van der Waals surface area contributed by atoms with Crippen molar-refractivity contribution in [3.63, 3.8) is 0 Å². The summed E-state index contributed by atoms with van der Waals surface area (Å²) in [6, 6.07) is 0. The van der Waals surface area contributed by atoms with Gasteiger partial charge in [0.1, 0.15) is 5.72 Å². The number of hydrogen-bond donors (Lipinski definition) is 3. The molecule has 4 rings (SSSR count). The molecule has 2 bridgehead atoms. The van der Waals surface area contributed by atoms with Gasteiger partial charge in [-0.15, -0.1) is 0 Å². The van der Waals surface area contributed by atoms with Crippen molar-refractivity contribution in [2.45, 2.75) is 25.0 Å². The van der Waals surface area contributed by atoms with Crippen molar-refractivity contribution < 1.29 is 4.74 Å². The van der Waals surface area contributed by atoms with Gasteiger partial charge in [-0.2, -0.15) is 11.8 Å². The summed E-state index contributed by atoms with van der Waals surface area (Å²) < 4.78 is 5.63. The Labute approximate surface area is 120 Å². The van der Waals surface area contributed by atoms with Gasteiger partial charge in [-0.25, -0.2) is 0 Å². The van der Waals surface area contributed by atoms with E-state index in [0.717, 1.165) is 50.9 Å². The van der Waals surface area contributed by atoms with E-state index in [0.29, 0.717) is 0 Å². The summed E-state index contributed by atoms with van der Waals surface area (Å²) in [7, 11) is 0. The first-order valence-corrected chi connectivity index (χ1v) is 8.90. The van der Waals surface area contributed by atoms with E-state index in [9.17, 15) is 0 Å². The molecule has 0 aromatic carbocycles. The largest absolute Gasteiger partial charge is 0.359 e. The quantitative estimate of drug-likeness (QED) is 0.610. The van der Waals surface area contributed by atoms with E-state index >= 15 is 0 Å². The van der Waals surface area contributed by atoms with Crippen LogP contribution in [-0.4, -0.2) is 56.6 Å². The number of rotatable bonds is 0. The van der Waals surface area contributed by atoms with Crippen LogP contribution in [0.2, 0.25) is 0 Å². The zero-order chi connectivity index (χ0) is 13.0. The van der Waals surface area contributed by atoms with E-state index in [4.69, 9.17) is 4.74 Å². The van der Waals surface area contributed by atoms with Gasteiger partial charge in [0.2, 0.25) is 0 Å². The first-order chi connectivity index (χ1) is 9.36. The van der Waals surface area contributed by atoms with Gasteiger partial charge < -0.3 is 15.4 Å². The SMILES string of the molecule is C1CC2(CCN1)NCCO2.C1NCC2CSCC1C2. The zero-order valence-corrected chi connectivity index (χ0v) is 12.6. The molecule has 110 valence electrons. The third kappa shape index (κ3) is 3.85. The number of nitrogens with one attached hydrogen (secondary N) is 3. The topological polar surface area (TPSA) is 45.3 Å². The van der Waals surface area contributed by atoms with E-state index < -0.39 is 0 Å². The van der Waals surface area contributed by atoms with Gasteiger partial charge in [-0.3, -0.25) is 5.32 Å². The molecule has 4 saturated heterocycles. The molecule has 2 atom stereocenters. The maximum Gasteiger partial charge on any atom is 0.121 e. The summed E-state index contributed by atoms with van der Waals surface area (Å²) >= 11 is 2.15. The van der Waals surface area contributed by atoms with Crippen molar-refractivity contribution in [2.24, 2.45) is 11.8 Å². The number of fused-ring (bicyclic) bond motifs is 2. The minimum atomic E-state index is 0.0608. The second-order valence-corrected chi connectivity index (χ2v) is 7.26. The fourth-order valence-corrected chi connectivity index (χ4v) is 4.82. The Hall–Kier alpha value is 0.190. The van der Waals surface area contributed by atoms with Crippen LogP contribution in [-0.2, 0) is 4.74 Å². The molecule has 4 fully saturated rings. The Morgan fingerprint density at radius 1 is 0.947 bits per heavy atom. The van der Waals surface area contributed by atoms with Crippen LogP contribution in [0.25, 0.3) is 0 Å². The van der Waals surface area contributed by atoms with Gasteiger partial charge in [-0.1, -0.05) is 0 Å². The number of hydrogen-bond acceptors (Lipinski definition) is 5. The Morgan fingerprint density at radius 2 is 1.68 bits per heavy atom. The summed E-state index contributed by atoms with van der Waals surface area (Å²) in [5, 5.41) is 10.2. The van der Waals surface area contributed by atoms with Gasteiger partial charge in [0.25, 0.3) is 0 Å². The minimum absolute atomic E-state index is 0.0608. The summed E-state index contributed by atoms with van der Waals surface area (Å²) in [5.41, 5.74) is 0.0608. The summed E-state index contributed by atoms with van der Waals surface area (Å²) in [6.07, 6.45) is 3.74. The highest BCUT2D eigenvalue weighted by Gasteiger charge is 2.35. The first kappa shape index (κ1) is 14.1. The van der Waals surface area contributed by atoms with E-state index in [-0.39, 0.29) is 5.72 Å². The first-order valence-electron chi connectivity index (χ1n) is 7.74. The van der Waals surface area contributed by atoms with Crippen LogP contribution in [0.1, 0.15) is 19.3 Å². The molecule has 19 heavy (non-hydrogen) atoms. The molecule has 2 unspecified atom stereocenters. The van der Waals surface area contributed by atoms with Crippen LogP contribution in [0.3, 0.4) is 0 Å². The Morgan fingerprint density at radius 3 is 2.26 bits per heavy atom. The molecular weight excluding hydrogens is 258 g/mol. The molecule has 0 saturated carbocycles. The van der Waals surface area contributed by atoms with E-state index in [1.807, 2.05) is 0 Å². The van der Waals surface area contributed by atoms with Crippen LogP contribution >= 0.6 is 11.8 Å². The highest BCUT2D eigenvalue weighted by Crippen LogP contribution is 2.29. The molecule has 0 aromatic heterocycles. The lowest BCUT2D eigenvalue weighted by Gasteiger charge is -2.34. The molecule has 0 aliphatic carbocycles. The predicted molar refractivity (Wildman–Crippen MR) is 80.6 cm³/mol. The van der Waals surface area contributed by atoms with Crippen molar-refractivity contribution in [2.75, 3.05) is 50.8 Å². The third-order valence-electron chi connectivity index (χ3n) is 4.58. The maximum atomic E-state index is 5.63. The average molecular weight is 285 g/mol. The highest BCUT2D eigenvalue weighted by atomic mass is 32.2. The van der Waals surface area contributed by atoms with Crippen molar-refractivity contribution in [3.05, 3.63) is 0 Å². The molecule has 1 spiro atoms. The predicted octanol–water partition coefficient (Wildman–Crippen LogP) is 0.645. The van der Waals surface area contributed by atoms with Gasteiger partial charge in [0, 0.05) is 19.4 Å². The van der Waals surface area contributed by atoms with Crippen LogP contribution < -0.4 is 16.0 Å². The van der Waals surface area contributed by atoms with E-state index in [1.54, 1.807) is 0 Å². The number of ether oxygens (including phenoxy) is 1. The Bertz CT molecular complexity index is 256. The standard InChI is InChI=1S/C7H14N2O.C7H13NS/c1-3-8-4-2-7(1)9-5-6-10-7;1-6-2-8-3-7(1)5-9-4-6/h8-9H,1-6H2;6-8H,1-5H2. The van der Waals surface area contributed by atoms with Gasteiger partial charge in [-0.05, 0) is 55.9 Å². The van der Waals surface area contributed by atoms with Crippen LogP contribution in [0.15, 0.2) is 0 Å². The Balaban J connectivity index is 0.000000117. The molecule has 4 aliphatic heterocycles. The molecule has 4 aliphatic rings. The summed E-state index contributed by atoms with van der Waals surface area (Å²) in [5.74, 6) is 4.82. The zero-order valence-electron chi connectivity index (χ0n) is 11.7. The molecule has 0 amide bonds.